The van der Waals surface area contributed by atoms with E-state index in [9.17, 15) is 9.59 Å². The molecule has 7 nitrogen and oxygen atoms in total. The predicted molar refractivity (Wildman–Crippen MR) is 125 cm³/mol. The third-order valence-electron chi connectivity index (χ3n) is 6.37. The van der Waals surface area contributed by atoms with Crippen LogP contribution in [0.4, 0.5) is 0 Å². The lowest BCUT2D eigenvalue weighted by Gasteiger charge is -2.32. The van der Waals surface area contributed by atoms with Crippen LogP contribution in [-0.2, 0) is 6.42 Å². The van der Waals surface area contributed by atoms with Gasteiger partial charge in [0.05, 0.1) is 26.0 Å². The summed E-state index contributed by atoms with van der Waals surface area (Å²) in [4.78, 5) is 28.0. The molecule has 1 aromatic heterocycles. The summed E-state index contributed by atoms with van der Waals surface area (Å²) in [7, 11) is 3.08. The fourth-order valence-electron chi connectivity index (χ4n) is 4.42. The van der Waals surface area contributed by atoms with Crippen LogP contribution in [0.1, 0.15) is 63.2 Å². The molecule has 0 radical (unpaired) electrons. The van der Waals surface area contributed by atoms with Gasteiger partial charge in [-0.2, -0.15) is 5.10 Å². The van der Waals surface area contributed by atoms with E-state index in [4.69, 9.17) is 9.47 Å². The Labute approximate surface area is 193 Å². The number of ketones is 1. The van der Waals surface area contributed by atoms with Gasteiger partial charge in [0.1, 0.15) is 11.5 Å². The number of H-pyrrole nitrogens is 1. The van der Waals surface area contributed by atoms with Gasteiger partial charge in [-0.05, 0) is 55.2 Å². The van der Waals surface area contributed by atoms with E-state index in [1.807, 2.05) is 11.1 Å². The van der Waals surface area contributed by atoms with Crippen LogP contribution in [0.5, 0.6) is 11.5 Å². The maximum absolute atomic E-state index is 13.0. The minimum atomic E-state index is -0.183. The van der Waals surface area contributed by atoms with Gasteiger partial charge in [-0.15, -0.1) is 0 Å². The molecule has 0 spiro atoms. The number of carbonyl (C=O) groups is 2. The fourth-order valence-corrected chi connectivity index (χ4v) is 4.42. The van der Waals surface area contributed by atoms with Crippen molar-refractivity contribution in [1.29, 1.82) is 0 Å². The number of aromatic amines is 1. The molecule has 1 saturated heterocycles. The zero-order chi connectivity index (χ0) is 23.4. The van der Waals surface area contributed by atoms with Crippen molar-refractivity contribution < 1.29 is 19.1 Å². The van der Waals surface area contributed by atoms with Crippen molar-refractivity contribution in [1.82, 2.24) is 15.1 Å². The molecule has 0 unspecified atom stereocenters. The van der Waals surface area contributed by atoms with Gasteiger partial charge in [0.2, 0.25) is 0 Å². The lowest BCUT2D eigenvalue weighted by Crippen LogP contribution is -2.38. The van der Waals surface area contributed by atoms with Gasteiger partial charge in [0.15, 0.2) is 5.78 Å². The molecule has 1 N–H and O–H groups in total. The zero-order valence-corrected chi connectivity index (χ0v) is 19.3. The number of hydrogen-bond acceptors (Lipinski definition) is 5. The molecule has 3 aromatic rings. The second kappa shape index (κ2) is 9.90. The summed E-state index contributed by atoms with van der Waals surface area (Å²) in [6.45, 7) is 3.53. The van der Waals surface area contributed by atoms with E-state index in [-0.39, 0.29) is 11.7 Å². The molecule has 1 amide bonds. The van der Waals surface area contributed by atoms with E-state index in [0.29, 0.717) is 47.2 Å². The largest absolute Gasteiger partial charge is 0.497 e. The van der Waals surface area contributed by atoms with Gasteiger partial charge < -0.3 is 14.4 Å². The number of amides is 1. The molecular formula is C26H29N3O4. The standard InChI is InChI=1S/C26H29N3O4/c1-4-17-16-27-28-24(17)18-11-13-29(14-12-18)26(31)20-7-5-19(6-8-20)25(30)22-15-21(32-2)9-10-23(22)33-3/h5-10,15-16,18H,4,11-14H2,1-3H3,(H,27,28). The maximum Gasteiger partial charge on any atom is 0.253 e. The second-order valence-electron chi connectivity index (χ2n) is 8.20. The van der Waals surface area contributed by atoms with Gasteiger partial charge in [0.25, 0.3) is 5.91 Å². The number of rotatable bonds is 7. The maximum atomic E-state index is 13.0. The average Bonchev–Trinajstić information content (AvgIpc) is 3.36. The monoisotopic (exact) mass is 447 g/mol. The van der Waals surface area contributed by atoms with E-state index in [2.05, 4.69) is 17.1 Å². The number of ether oxygens (including phenoxy) is 2. The number of methoxy groups -OCH3 is 2. The zero-order valence-electron chi connectivity index (χ0n) is 19.3. The molecule has 33 heavy (non-hydrogen) atoms. The Kier molecular flexibility index (Phi) is 6.77. The van der Waals surface area contributed by atoms with Crippen LogP contribution in [0.3, 0.4) is 0 Å². The van der Waals surface area contributed by atoms with Crippen LogP contribution in [0, 0.1) is 0 Å². The van der Waals surface area contributed by atoms with Gasteiger partial charge in [-0.25, -0.2) is 0 Å². The third-order valence-corrected chi connectivity index (χ3v) is 6.37. The van der Waals surface area contributed by atoms with Crippen molar-refractivity contribution in [3.05, 3.63) is 76.6 Å². The highest BCUT2D eigenvalue weighted by Gasteiger charge is 2.27. The first-order chi connectivity index (χ1) is 16.0. The number of aromatic nitrogens is 2. The average molecular weight is 448 g/mol. The molecule has 0 bridgehead atoms. The minimum Gasteiger partial charge on any atom is -0.497 e. The first kappa shape index (κ1) is 22.6. The number of piperidine rings is 1. The smallest absolute Gasteiger partial charge is 0.253 e. The van der Waals surface area contributed by atoms with Crippen molar-refractivity contribution in [3.8, 4) is 11.5 Å². The summed E-state index contributed by atoms with van der Waals surface area (Å²) in [5.41, 5.74) is 3.96. The minimum absolute atomic E-state index is 0.00765. The van der Waals surface area contributed by atoms with Crippen molar-refractivity contribution in [2.75, 3.05) is 27.3 Å². The Morgan fingerprint density at radius 2 is 1.73 bits per heavy atom. The van der Waals surface area contributed by atoms with E-state index in [0.717, 1.165) is 19.3 Å². The molecule has 4 rings (SSSR count). The summed E-state index contributed by atoms with van der Waals surface area (Å²) in [6, 6.07) is 11.9. The fraction of sp³-hybridized carbons (Fsp3) is 0.346. The highest BCUT2D eigenvalue weighted by atomic mass is 16.5. The van der Waals surface area contributed by atoms with Crippen LogP contribution in [0.2, 0.25) is 0 Å². The molecular weight excluding hydrogens is 418 g/mol. The van der Waals surface area contributed by atoms with E-state index < -0.39 is 0 Å². The van der Waals surface area contributed by atoms with Crippen LogP contribution < -0.4 is 9.47 Å². The summed E-state index contributed by atoms with van der Waals surface area (Å²) >= 11 is 0. The van der Waals surface area contributed by atoms with Gasteiger partial charge >= 0.3 is 0 Å². The Balaban J connectivity index is 1.43. The van der Waals surface area contributed by atoms with E-state index in [1.54, 1.807) is 49.6 Å². The summed E-state index contributed by atoms with van der Waals surface area (Å²) in [5, 5.41) is 7.33. The molecule has 2 heterocycles. The SMILES string of the molecule is CCc1cn[nH]c1C1CCN(C(=O)c2ccc(C(=O)c3cc(OC)ccc3OC)cc2)CC1. The number of nitrogens with one attached hydrogen (secondary N) is 1. The number of nitrogens with zero attached hydrogens (tertiary/aromatic N) is 2. The molecule has 1 aliphatic heterocycles. The predicted octanol–water partition coefficient (Wildman–Crippen LogP) is 4.24. The lowest BCUT2D eigenvalue weighted by molar-refractivity contribution is 0.0711. The van der Waals surface area contributed by atoms with Crippen LogP contribution in [0.25, 0.3) is 0 Å². The molecule has 172 valence electrons. The van der Waals surface area contributed by atoms with Crippen molar-refractivity contribution >= 4 is 11.7 Å². The Morgan fingerprint density at radius 1 is 1.03 bits per heavy atom. The molecule has 0 aliphatic carbocycles. The molecule has 1 fully saturated rings. The van der Waals surface area contributed by atoms with E-state index >= 15 is 0 Å². The lowest BCUT2D eigenvalue weighted by atomic mass is 9.90. The third kappa shape index (κ3) is 4.62. The molecule has 1 aliphatic rings. The normalized spacial score (nSPS) is 14.2. The van der Waals surface area contributed by atoms with Crippen molar-refractivity contribution in [3.63, 3.8) is 0 Å². The van der Waals surface area contributed by atoms with Crippen LogP contribution in [0.15, 0.2) is 48.7 Å². The van der Waals surface area contributed by atoms with Gasteiger partial charge in [-0.1, -0.05) is 19.1 Å². The van der Waals surface area contributed by atoms with Crippen molar-refractivity contribution in [2.24, 2.45) is 0 Å². The molecule has 0 saturated carbocycles. The Bertz CT molecular complexity index is 1130. The molecule has 7 heteroatoms. The number of likely N-dealkylation sites (tertiary alicyclic amines) is 1. The van der Waals surface area contributed by atoms with Crippen molar-refractivity contribution in [2.45, 2.75) is 32.1 Å². The Hall–Kier alpha value is -3.61. The summed E-state index contributed by atoms with van der Waals surface area (Å²) < 4.78 is 10.6. The Morgan fingerprint density at radius 3 is 2.36 bits per heavy atom. The number of carbonyl (C=O) groups excluding carboxylic acids is 2. The molecule has 0 atom stereocenters. The highest BCUT2D eigenvalue weighted by molar-refractivity contribution is 6.11. The highest BCUT2D eigenvalue weighted by Crippen LogP contribution is 2.30. The van der Waals surface area contributed by atoms with Crippen LogP contribution >= 0.6 is 0 Å². The van der Waals surface area contributed by atoms with E-state index in [1.165, 1.54) is 18.4 Å². The number of benzene rings is 2. The first-order valence-corrected chi connectivity index (χ1v) is 11.2. The quantitative estimate of drug-likeness (QED) is 0.548. The number of hydrogen-bond donors (Lipinski definition) is 1. The second-order valence-corrected chi connectivity index (χ2v) is 8.20. The number of aryl methyl sites for hydroxylation is 1. The molecule has 2 aromatic carbocycles. The first-order valence-electron chi connectivity index (χ1n) is 11.2. The van der Waals surface area contributed by atoms with Crippen LogP contribution in [-0.4, -0.2) is 54.1 Å². The summed E-state index contributed by atoms with van der Waals surface area (Å²) in [5.74, 6) is 1.27. The topological polar surface area (TPSA) is 84.5 Å². The summed E-state index contributed by atoms with van der Waals surface area (Å²) in [6.07, 6.45) is 4.68. The van der Waals surface area contributed by atoms with Gasteiger partial charge in [0, 0.05) is 35.8 Å². The van der Waals surface area contributed by atoms with Gasteiger partial charge in [-0.3, -0.25) is 14.7 Å².